The zero-order chi connectivity index (χ0) is 21.8. The van der Waals surface area contributed by atoms with Gasteiger partial charge >= 0.3 is 0 Å². The largest absolute Gasteiger partial charge is 0.355 e. The van der Waals surface area contributed by atoms with Crippen LogP contribution in [0.2, 0.25) is 5.02 Å². The number of nitro benzene ring substituents is 1. The fraction of sp³-hybridized carbons (Fsp3) is 0.529. The summed E-state index contributed by atoms with van der Waals surface area (Å²) in [5, 5.41) is 16.1. The van der Waals surface area contributed by atoms with E-state index in [1.54, 1.807) is 13.8 Å². The molecule has 0 bridgehead atoms. The lowest BCUT2D eigenvalue weighted by atomic mass is 9.97. The zero-order valence-corrected chi connectivity index (χ0v) is 17.6. The van der Waals surface area contributed by atoms with Crippen molar-refractivity contribution in [2.24, 2.45) is 5.92 Å². The number of nitrogens with one attached hydrogen (secondary N) is 2. The lowest BCUT2D eigenvalue weighted by Gasteiger charge is -2.31. The molecule has 1 fully saturated rings. The molecule has 0 spiro atoms. The van der Waals surface area contributed by atoms with Gasteiger partial charge in [0.25, 0.3) is 5.69 Å². The van der Waals surface area contributed by atoms with E-state index in [1.165, 1.54) is 6.07 Å². The van der Waals surface area contributed by atoms with Gasteiger partial charge in [0, 0.05) is 37.7 Å². The average Bonchev–Trinajstić information content (AvgIpc) is 2.68. The van der Waals surface area contributed by atoms with Crippen LogP contribution in [0.1, 0.15) is 26.7 Å². The normalized spacial score (nSPS) is 16.8. The third-order valence-corrected chi connectivity index (χ3v) is 7.05. The summed E-state index contributed by atoms with van der Waals surface area (Å²) in [6, 6.07) is 2.56. The van der Waals surface area contributed by atoms with E-state index in [9.17, 15) is 28.1 Å². The van der Waals surface area contributed by atoms with Crippen molar-refractivity contribution >= 4 is 39.1 Å². The average molecular weight is 447 g/mol. The molecule has 1 saturated heterocycles. The molecule has 2 rings (SSSR count). The first-order valence-electron chi connectivity index (χ1n) is 9.10. The van der Waals surface area contributed by atoms with Crippen molar-refractivity contribution in [3.8, 4) is 0 Å². The van der Waals surface area contributed by atoms with Gasteiger partial charge in [-0.25, -0.2) is 8.42 Å². The molecular formula is C17H23ClN4O6S. The van der Waals surface area contributed by atoms with Crippen LogP contribution in [-0.2, 0) is 19.6 Å². The van der Waals surface area contributed by atoms with Crippen LogP contribution in [0.3, 0.4) is 0 Å². The molecule has 12 heteroatoms. The van der Waals surface area contributed by atoms with E-state index >= 15 is 0 Å². The van der Waals surface area contributed by atoms with Gasteiger partial charge in [0.2, 0.25) is 21.8 Å². The number of likely N-dealkylation sites (N-methyl/N-ethyl adjacent to an activating group) is 1. The fourth-order valence-electron chi connectivity index (χ4n) is 3.02. The molecule has 1 atom stereocenters. The summed E-state index contributed by atoms with van der Waals surface area (Å²) >= 11 is 5.97. The molecule has 0 unspecified atom stereocenters. The Labute approximate surface area is 173 Å². The van der Waals surface area contributed by atoms with E-state index in [0.29, 0.717) is 6.54 Å². The summed E-state index contributed by atoms with van der Waals surface area (Å²) < 4.78 is 26.9. The van der Waals surface area contributed by atoms with Crippen LogP contribution >= 0.6 is 11.6 Å². The number of piperidine rings is 1. The van der Waals surface area contributed by atoms with Crippen LogP contribution < -0.4 is 10.6 Å². The Hall–Kier alpha value is -2.24. The molecule has 10 nitrogen and oxygen atoms in total. The summed E-state index contributed by atoms with van der Waals surface area (Å²) in [5.41, 5.74) is -0.374. The van der Waals surface area contributed by atoms with Gasteiger partial charge in [-0.3, -0.25) is 19.7 Å². The predicted octanol–water partition coefficient (Wildman–Crippen LogP) is 1.29. The van der Waals surface area contributed by atoms with Gasteiger partial charge in [-0.05, 0) is 32.8 Å². The maximum Gasteiger partial charge on any atom is 0.270 e. The Bertz CT molecular complexity index is 899. The minimum Gasteiger partial charge on any atom is -0.355 e. The molecule has 0 aliphatic carbocycles. The molecule has 1 aliphatic rings. The van der Waals surface area contributed by atoms with Crippen molar-refractivity contribution in [2.75, 3.05) is 19.6 Å². The molecule has 29 heavy (non-hydrogen) atoms. The Balaban J connectivity index is 2.05. The molecule has 0 aromatic heterocycles. The first-order chi connectivity index (χ1) is 13.6. The molecule has 1 aromatic carbocycles. The summed E-state index contributed by atoms with van der Waals surface area (Å²) in [7, 11) is -4.04. The Morgan fingerprint density at radius 3 is 2.52 bits per heavy atom. The number of halogens is 1. The van der Waals surface area contributed by atoms with Crippen LogP contribution in [0.4, 0.5) is 5.69 Å². The number of carbonyl (C=O) groups is 2. The molecule has 0 radical (unpaired) electrons. The number of nitro groups is 1. The molecule has 0 saturated carbocycles. The maximum atomic E-state index is 12.9. The van der Waals surface area contributed by atoms with Gasteiger partial charge in [0.15, 0.2) is 0 Å². The molecule has 2 N–H and O–H groups in total. The number of amides is 2. The number of non-ortho nitro benzene ring substituents is 1. The van der Waals surface area contributed by atoms with Gasteiger partial charge in [0.1, 0.15) is 10.9 Å². The van der Waals surface area contributed by atoms with Crippen molar-refractivity contribution in [3.05, 3.63) is 33.3 Å². The van der Waals surface area contributed by atoms with E-state index < -0.39 is 26.9 Å². The minimum atomic E-state index is -4.04. The van der Waals surface area contributed by atoms with Crippen LogP contribution in [0, 0.1) is 16.0 Å². The number of sulfonamides is 1. The summed E-state index contributed by atoms with van der Waals surface area (Å²) in [6.07, 6.45) is 0.527. The number of carbonyl (C=O) groups excluding carboxylic acids is 2. The Kier molecular flexibility index (Phi) is 7.55. The van der Waals surface area contributed by atoms with E-state index in [2.05, 4.69) is 10.6 Å². The molecule has 1 aromatic rings. The Morgan fingerprint density at radius 1 is 1.34 bits per heavy atom. The monoisotopic (exact) mass is 446 g/mol. The lowest BCUT2D eigenvalue weighted by molar-refractivity contribution is -0.385. The van der Waals surface area contributed by atoms with Gasteiger partial charge in [-0.15, -0.1) is 0 Å². The van der Waals surface area contributed by atoms with Crippen LogP contribution in [0.15, 0.2) is 23.1 Å². The predicted molar refractivity (Wildman–Crippen MR) is 106 cm³/mol. The van der Waals surface area contributed by atoms with Crippen molar-refractivity contribution in [2.45, 2.75) is 37.6 Å². The first kappa shape index (κ1) is 23.0. The Morgan fingerprint density at radius 2 is 1.97 bits per heavy atom. The second-order valence-electron chi connectivity index (χ2n) is 6.68. The van der Waals surface area contributed by atoms with Crippen LogP contribution in [-0.4, -0.2) is 55.1 Å². The number of rotatable bonds is 7. The van der Waals surface area contributed by atoms with Crippen molar-refractivity contribution in [1.29, 1.82) is 0 Å². The summed E-state index contributed by atoms with van der Waals surface area (Å²) in [6.45, 7) is 3.93. The van der Waals surface area contributed by atoms with Crippen molar-refractivity contribution in [1.82, 2.24) is 14.9 Å². The molecular weight excluding hydrogens is 424 g/mol. The summed E-state index contributed by atoms with van der Waals surface area (Å²) in [4.78, 5) is 34.0. The summed E-state index contributed by atoms with van der Waals surface area (Å²) in [5.74, 6) is -1.03. The molecule has 1 aliphatic heterocycles. The number of hydrogen-bond donors (Lipinski definition) is 2. The topological polar surface area (TPSA) is 139 Å². The standard InChI is InChI=1S/C17H23ClN4O6S/c1-3-19-16(23)11(2)20-17(24)12-6-8-21(9-7-12)29(27,28)15-10-13(22(25)26)4-5-14(15)18/h4-5,10-12H,3,6-9H2,1-2H3,(H,19,23)(H,20,24)/t11-/m0/s1. The number of benzene rings is 1. The quantitative estimate of drug-likeness (QED) is 0.478. The van der Waals surface area contributed by atoms with E-state index in [1.807, 2.05) is 0 Å². The minimum absolute atomic E-state index is 0.0645. The first-order valence-corrected chi connectivity index (χ1v) is 10.9. The lowest BCUT2D eigenvalue weighted by Crippen LogP contribution is -2.49. The van der Waals surface area contributed by atoms with Gasteiger partial charge in [0.05, 0.1) is 9.95 Å². The smallest absolute Gasteiger partial charge is 0.270 e. The second kappa shape index (κ2) is 9.51. The fourth-order valence-corrected chi connectivity index (χ4v) is 4.99. The number of hydrogen-bond acceptors (Lipinski definition) is 6. The molecule has 2 amide bonds. The third-order valence-electron chi connectivity index (χ3n) is 4.67. The highest BCUT2D eigenvalue weighted by Gasteiger charge is 2.34. The second-order valence-corrected chi connectivity index (χ2v) is 8.99. The molecule has 160 valence electrons. The highest BCUT2D eigenvalue weighted by Crippen LogP contribution is 2.31. The van der Waals surface area contributed by atoms with Crippen molar-refractivity contribution in [3.63, 3.8) is 0 Å². The molecule has 1 heterocycles. The van der Waals surface area contributed by atoms with Gasteiger partial charge < -0.3 is 10.6 Å². The third kappa shape index (κ3) is 5.43. The van der Waals surface area contributed by atoms with Crippen LogP contribution in [0.5, 0.6) is 0 Å². The number of nitrogens with zero attached hydrogens (tertiary/aromatic N) is 2. The van der Waals surface area contributed by atoms with E-state index in [0.717, 1.165) is 16.4 Å². The zero-order valence-electron chi connectivity index (χ0n) is 16.1. The highest BCUT2D eigenvalue weighted by molar-refractivity contribution is 7.89. The SMILES string of the molecule is CCNC(=O)[C@H](C)NC(=O)C1CCN(S(=O)(=O)c2cc([N+](=O)[O-])ccc2Cl)CC1. The highest BCUT2D eigenvalue weighted by atomic mass is 35.5. The van der Waals surface area contributed by atoms with Gasteiger partial charge in [-0.2, -0.15) is 4.31 Å². The van der Waals surface area contributed by atoms with Crippen LogP contribution in [0.25, 0.3) is 0 Å². The van der Waals surface area contributed by atoms with E-state index in [4.69, 9.17) is 11.6 Å². The van der Waals surface area contributed by atoms with Gasteiger partial charge in [-0.1, -0.05) is 11.6 Å². The van der Waals surface area contributed by atoms with Crippen molar-refractivity contribution < 1.29 is 22.9 Å². The van der Waals surface area contributed by atoms with E-state index in [-0.39, 0.29) is 53.4 Å². The maximum absolute atomic E-state index is 12.9.